The van der Waals surface area contributed by atoms with E-state index >= 15 is 0 Å². The zero-order chi connectivity index (χ0) is 15.7. The monoisotopic (exact) mass is 289 g/mol. The Balaban J connectivity index is 2.38. The number of allylic oxidation sites excluding steroid dienone is 1. The Hall–Kier alpha value is -2.10. The maximum atomic E-state index is 11.5. The van der Waals surface area contributed by atoms with E-state index in [0.717, 1.165) is 12.7 Å². The van der Waals surface area contributed by atoms with Crippen molar-refractivity contribution < 1.29 is 14.3 Å². The van der Waals surface area contributed by atoms with Crippen molar-refractivity contribution in [2.24, 2.45) is 5.92 Å². The average molecular weight is 289 g/mol. The molecule has 0 aliphatic heterocycles. The van der Waals surface area contributed by atoms with Crippen molar-refractivity contribution in [3.63, 3.8) is 0 Å². The van der Waals surface area contributed by atoms with Gasteiger partial charge in [-0.25, -0.2) is 4.79 Å². The Morgan fingerprint density at radius 1 is 1.29 bits per heavy atom. The fourth-order valence-corrected chi connectivity index (χ4v) is 1.67. The molecule has 0 bridgehead atoms. The Bertz CT molecular complexity index is 475. The number of nitrogens with one attached hydrogen (secondary N) is 1. The molecule has 0 fully saturated rings. The van der Waals surface area contributed by atoms with Gasteiger partial charge in [0.05, 0.1) is 5.92 Å². The first-order valence-corrected chi connectivity index (χ1v) is 7.03. The van der Waals surface area contributed by atoms with Gasteiger partial charge in [0.15, 0.2) is 0 Å². The summed E-state index contributed by atoms with van der Waals surface area (Å²) in [4.78, 5) is 22.5. The second kappa shape index (κ2) is 8.25. The fourth-order valence-electron chi connectivity index (χ4n) is 1.67. The third kappa shape index (κ3) is 7.92. The van der Waals surface area contributed by atoms with Crippen molar-refractivity contribution in [2.45, 2.75) is 32.8 Å². The van der Waals surface area contributed by atoms with Crippen molar-refractivity contribution >= 4 is 12.4 Å². The molecule has 0 spiro atoms. The van der Waals surface area contributed by atoms with Crippen LogP contribution in [0.2, 0.25) is 0 Å². The molecule has 0 saturated carbocycles. The fraction of sp³-hybridized carbons (Fsp3) is 0.412. The van der Waals surface area contributed by atoms with Crippen molar-refractivity contribution in [3.05, 3.63) is 48.0 Å². The van der Waals surface area contributed by atoms with Gasteiger partial charge in [-0.1, -0.05) is 42.5 Å². The molecule has 4 heteroatoms. The molecule has 0 radical (unpaired) electrons. The smallest absolute Gasteiger partial charge is 0.407 e. The number of hydrogen-bond donors (Lipinski definition) is 1. The van der Waals surface area contributed by atoms with Gasteiger partial charge in [-0.15, -0.1) is 0 Å². The molecule has 0 aliphatic carbocycles. The van der Waals surface area contributed by atoms with Gasteiger partial charge < -0.3 is 14.8 Å². The minimum atomic E-state index is -0.538. The minimum Gasteiger partial charge on any atom is -0.444 e. The Morgan fingerprint density at radius 2 is 1.95 bits per heavy atom. The van der Waals surface area contributed by atoms with Gasteiger partial charge in [0.1, 0.15) is 11.9 Å². The average Bonchev–Trinajstić information content (AvgIpc) is 2.42. The molecular formula is C17H23NO3. The van der Waals surface area contributed by atoms with Gasteiger partial charge in [0.2, 0.25) is 0 Å². The number of ether oxygens (including phenoxy) is 1. The Morgan fingerprint density at radius 3 is 2.52 bits per heavy atom. The minimum absolute atomic E-state index is 0.240. The Kier molecular flexibility index (Phi) is 6.66. The summed E-state index contributed by atoms with van der Waals surface area (Å²) in [6.07, 6.45) is 4.81. The summed E-state index contributed by atoms with van der Waals surface area (Å²) >= 11 is 0. The van der Waals surface area contributed by atoms with Crippen LogP contribution in [0.15, 0.2) is 42.5 Å². The number of amides is 1. The molecule has 1 rings (SSSR count). The molecule has 1 aromatic carbocycles. The molecule has 1 unspecified atom stereocenters. The summed E-state index contributed by atoms with van der Waals surface area (Å²) < 4.78 is 5.12. The normalized spacial score (nSPS) is 12.9. The second-order valence-electron chi connectivity index (χ2n) is 5.80. The lowest BCUT2D eigenvalue weighted by Gasteiger charge is -2.20. The molecule has 0 saturated heterocycles. The SMILES string of the molecule is CC(C)(C)OC(=O)NCC(C=O)/C=C/Cc1ccccc1. The molecule has 4 nitrogen and oxygen atoms in total. The van der Waals surface area contributed by atoms with Crippen LogP contribution in [0.5, 0.6) is 0 Å². The number of benzene rings is 1. The first-order valence-electron chi connectivity index (χ1n) is 7.03. The van der Waals surface area contributed by atoms with Crippen molar-refractivity contribution in [1.29, 1.82) is 0 Å². The van der Waals surface area contributed by atoms with Gasteiger partial charge in [-0.3, -0.25) is 0 Å². The van der Waals surface area contributed by atoms with Crippen LogP contribution in [0.3, 0.4) is 0 Å². The summed E-state index contributed by atoms with van der Waals surface area (Å²) in [6.45, 7) is 5.63. The zero-order valence-electron chi connectivity index (χ0n) is 12.8. The van der Waals surface area contributed by atoms with Crippen LogP contribution in [0.1, 0.15) is 26.3 Å². The van der Waals surface area contributed by atoms with Gasteiger partial charge in [-0.05, 0) is 32.8 Å². The molecule has 0 heterocycles. The standard InChI is InChI=1S/C17H23NO3/c1-17(2,3)21-16(20)18-12-15(13-19)11-7-10-14-8-5-4-6-9-14/h4-9,11,13,15H,10,12H2,1-3H3,(H,18,20)/b11-7+. The molecule has 0 aliphatic rings. The first-order chi connectivity index (χ1) is 9.90. The van der Waals surface area contributed by atoms with Gasteiger partial charge in [0.25, 0.3) is 0 Å². The number of alkyl carbamates (subject to hydrolysis) is 1. The predicted octanol–water partition coefficient (Wildman–Crippen LogP) is 3.13. The maximum absolute atomic E-state index is 11.5. The van der Waals surface area contributed by atoms with E-state index in [9.17, 15) is 9.59 Å². The highest BCUT2D eigenvalue weighted by atomic mass is 16.6. The van der Waals surface area contributed by atoms with Crippen LogP contribution in [0, 0.1) is 5.92 Å². The molecule has 1 amide bonds. The van der Waals surface area contributed by atoms with Crippen LogP contribution >= 0.6 is 0 Å². The Labute approximate surface area is 126 Å². The quantitative estimate of drug-likeness (QED) is 0.646. The van der Waals surface area contributed by atoms with Gasteiger partial charge in [-0.2, -0.15) is 0 Å². The third-order valence-electron chi connectivity index (χ3n) is 2.64. The second-order valence-corrected chi connectivity index (χ2v) is 5.80. The highest BCUT2D eigenvalue weighted by molar-refractivity contribution is 5.68. The lowest BCUT2D eigenvalue weighted by atomic mass is 10.1. The van der Waals surface area contributed by atoms with E-state index < -0.39 is 11.7 Å². The van der Waals surface area contributed by atoms with Crippen molar-refractivity contribution in [3.8, 4) is 0 Å². The lowest BCUT2D eigenvalue weighted by Crippen LogP contribution is -2.35. The van der Waals surface area contributed by atoms with Crippen LogP contribution in [-0.4, -0.2) is 24.5 Å². The number of hydrogen-bond acceptors (Lipinski definition) is 3. The van der Waals surface area contributed by atoms with Gasteiger partial charge >= 0.3 is 6.09 Å². The predicted molar refractivity (Wildman–Crippen MR) is 83.1 cm³/mol. The molecule has 114 valence electrons. The molecule has 1 N–H and O–H groups in total. The summed E-state index contributed by atoms with van der Waals surface area (Å²) in [7, 11) is 0. The lowest BCUT2D eigenvalue weighted by molar-refractivity contribution is -0.109. The van der Waals surface area contributed by atoms with Gasteiger partial charge in [0, 0.05) is 6.54 Å². The maximum Gasteiger partial charge on any atom is 0.407 e. The molecule has 21 heavy (non-hydrogen) atoms. The molecule has 1 aromatic rings. The van der Waals surface area contributed by atoms with E-state index in [0.29, 0.717) is 0 Å². The molecule has 0 aromatic heterocycles. The summed E-state index contributed by atoms with van der Waals surface area (Å²) in [5.74, 6) is -0.346. The van der Waals surface area contributed by atoms with E-state index in [1.807, 2.05) is 36.4 Å². The van der Waals surface area contributed by atoms with E-state index in [4.69, 9.17) is 4.74 Å². The highest BCUT2D eigenvalue weighted by Gasteiger charge is 2.16. The number of carbonyl (C=O) groups excluding carboxylic acids is 2. The number of rotatable bonds is 6. The van der Waals surface area contributed by atoms with Crippen LogP contribution in [0.4, 0.5) is 4.79 Å². The molecular weight excluding hydrogens is 266 g/mol. The van der Waals surface area contributed by atoms with E-state index in [1.165, 1.54) is 5.56 Å². The van der Waals surface area contributed by atoms with E-state index in [2.05, 4.69) is 5.32 Å². The third-order valence-corrected chi connectivity index (χ3v) is 2.64. The van der Waals surface area contributed by atoms with E-state index in [-0.39, 0.29) is 12.5 Å². The first kappa shape index (κ1) is 17.0. The number of carbonyl (C=O) groups is 2. The zero-order valence-corrected chi connectivity index (χ0v) is 12.8. The van der Waals surface area contributed by atoms with Crippen molar-refractivity contribution in [2.75, 3.05) is 6.54 Å². The van der Waals surface area contributed by atoms with Crippen LogP contribution < -0.4 is 5.32 Å². The summed E-state index contributed by atoms with van der Waals surface area (Å²) in [5, 5.41) is 2.60. The summed E-state index contributed by atoms with van der Waals surface area (Å²) in [5.41, 5.74) is 0.641. The van der Waals surface area contributed by atoms with Crippen LogP contribution in [0.25, 0.3) is 0 Å². The summed E-state index contributed by atoms with van der Waals surface area (Å²) in [6, 6.07) is 9.97. The van der Waals surface area contributed by atoms with E-state index in [1.54, 1.807) is 26.8 Å². The topological polar surface area (TPSA) is 55.4 Å². The van der Waals surface area contributed by atoms with Crippen molar-refractivity contribution in [1.82, 2.24) is 5.32 Å². The largest absolute Gasteiger partial charge is 0.444 e. The molecule has 1 atom stereocenters. The highest BCUT2D eigenvalue weighted by Crippen LogP contribution is 2.07. The number of aldehydes is 1. The van der Waals surface area contributed by atoms with Crippen LogP contribution in [-0.2, 0) is 16.0 Å².